The van der Waals surface area contributed by atoms with Gasteiger partial charge in [0.1, 0.15) is 5.75 Å². The zero-order valence-corrected chi connectivity index (χ0v) is 16.4. The van der Waals surface area contributed by atoms with Crippen LogP contribution in [-0.4, -0.2) is 54.7 Å². The van der Waals surface area contributed by atoms with E-state index in [-0.39, 0.29) is 5.97 Å². The fraction of sp³-hybridized carbons (Fsp3) is 0.381. The molecule has 1 aliphatic rings. The Morgan fingerprint density at radius 1 is 1.37 bits per heavy atom. The minimum Gasteiger partial charge on any atom is -0.454 e. The predicted octanol–water partition coefficient (Wildman–Crippen LogP) is 3.27. The lowest BCUT2D eigenvalue weighted by Crippen LogP contribution is -2.23. The molecule has 0 aliphatic carbocycles. The molecular weight excluding hydrogens is 342 g/mol. The number of likely N-dealkylation sites (N-methyl/N-ethyl adjacent to an activating group) is 1. The van der Waals surface area contributed by atoms with E-state index < -0.39 is 6.29 Å². The summed E-state index contributed by atoms with van der Waals surface area (Å²) in [7, 11) is 5.99. The molecule has 6 nitrogen and oxygen atoms in total. The molecule has 144 valence electrons. The Morgan fingerprint density at radius 2 is 2.19 bits per heavy atom. The van der Waals surface area contributed by atoms with Crippen LogP contribution in [0.25, 0.3) is 10.9 Å². The molecule has 1 aromatic heterocycles. The number of fused-ring (bicyclic) bond motifs is 1. The molecule has 0 fully saturated rings. The fourth-order valence-corrected chi connectivity index (χ4v) is 3.11. The van der Waals surface area contributed by atoms with Gasteiger partial charge in [-0.3, -0.25) is 0 Å². The van der Waals surface area contributed by atoms with Crippen molar-refractivity contribution in [2.75, 3.05) is 27.7 Å². The highest BCUT2D eigenvalue weighted by Gasteiger charge is 2.18. The number of ether oxygens (including phenoxy) is 2. The van der Waals surface area contributed by atoms with Gasteiger partial charge in [-0.25, -0.2) is 4.79 Å². The summed E-state index contributed by atoms with van der Waals surface area (Å²) >= 11 is 0. The van der Waals surface area contributed by atoms with Crippen molar-refractivity contribution < 1.29 is 14.3 Å². The molecule has 0 saturated heterocycles. The molecule has 6 heteroatoms. The Labute approximate surface area is 160 Å². The minimum atomic E-state index is -0.684. The van der Waals surface area contributed by atoms with Crippen LogP contribution in [-0.2, 0) is 16.0 Å². The van der Waals surface area contributed by atoms with Crippen molar-refractivity contribution in [2.45, 2.75) is 26.1 Å². The fourth-order valence-electron chi connectivity index (χ4n) is 3.11. The van der Waals surface area contributed by atoms with Gasteiger partial charge in [0.05, 0.1) is 5.57 Å². The standard InChI is InChI=1S/C21H27N3O3/c1-15(27-21(25)17-7-6-11-24(4)14-17)26-19-9-5-8-18-20(19)16(13-22-18)10-12-23(2)3/h5-6,8-9,11,13-15,22H,7,10,12H2,1-4H3. The molecule has 0 bridgehead atoms. The molecule has 0 spiro atoms. The topological polar surface area (TPSA) is 57.8 Å². The van der Waals surface area contributed by atoms with Gasteiger partial charge in [0.15, 0.2) is 0 Å². The van der Waals surface area contributed by atoms with E-state index in [2.05, 4.69) is 24.0 Å². The van der Waals surface area contributed by atoms with Gasteiger partial charge >= 0.3 is 5.97 Å². The van der Waals surface area contributed by atoms with Gasteiger partial charge in [-0.15, -0.1) is 0 Å². The monoisotopic (exact) mass is 369 g/mol. The first-order valence-electron chi connectivity index (χ1n) is 9.14. The van der Waals surface area contributed by atoms with Crippen LogP contribution in [0, 0.1) is 0 Å². The second-order valence-electron chi connectivity index (χ2n) is 7.05. The number of benzene rings is 1. The number of hydrogen-bond donors (Lipinski definition) is 1. The van der Waals surface area contributed by atoms with Crippen LogP contribution in [0.1, 0.15) is 18.9 Å². The molecule has 1 aliphatic heterocycles. The van der Waals surface area contributed by atoms with Crippen LogP contribution in [0.3, 0.4) is 0 Å². The van der Waals surface area contributed by atoms with Crippen molar-refractivity contribution in [2.24, 2.45) is 0 Å². The van der Waals surface area contributed by atoms with E-state index in [0.29, 0.717) is 12.0 Å². The van der Waals surface area contributed by atoms with Crippen LogP contribution >= 0.6 is 0 Å². The maximum atomic E-state index is 12.4. The number of rotatable bonds is 7. The molecular formula is C21H27N3O3. The Kier molecular flexibility index (Phi) is 5.86. The molecule has 27 heavy (non-hydrogen) atoms. The first-order chi connectivity index (χ1) is 12.9. The number of hydrogen-bond acceptors (Lipinski definition) is 5. The highest BCUT2D eigenvalue weighted by Crippen LogP contribution is 2.30. The van der Waals surface area contributed by atoms with Crippen LogP contribution < -0.4 is 4.74 Å². The van der Waals surface area contributed by atoms with Crippen molar-refractivity contribution in [1.82, 2.24) is 14.8 Å². The molecule has 2 heterocycles. The maximum absolute atomic E-state index is 12.4. The Hall–Kier alpha value is -2.73. The summed E-state index contributed by atoms with van der Waals surface area (Å²) in [4.78, 5) is 19.6. The highest BCUT2D eigenvalue weighted by atomic mass is 16.7. The van der Waals surface area contributed by atoms with Gasteiger partial charge in [-0.05, 0) is 44.4 Å². The van der Waals surface area contributed by atoms with Crippen molar-refractivity contribution >= 4 is 16.9 Å². The molecule has 0 radical (unpaired) electrons. The molecule has 1 atom stereocenters. The van der Waals surface area contributed by atoms with Gasteiger partial charge < -0.3 is 24.3 Å². The van der Waals surface area contributed by atoms with Gasteiger partial charge in [-0.2, -0.15) is 0 Å². The Bertz CT molecular complexity index is 867. The van der Waals surface area contributed by atoms with Crippen molar-refractivity contribution in [3.63, 3.8) is 0 Å². The third kappa shape index (κ3) is 4.71. The van der Waals surface area contributed by atoms with Crippen LogP contribution in [0.15, 0.2) is 48.4 Å². The van der Waals surface area contributed by atoms with Gasteiger partial charge in [0, 0.05) is 50.2 Å². The third-order valence-electron chi connectivity index (χ3n) is 4.44. The van der Waals surface area contributed by atoms with E-state index in [1.807, 2.05) is 48.6 Å². The van der Waals surface area contributed by atoms with E-state index in [1.165, 1.54) is 5.56 Å². The zero-order chi connectivity index (χ0) is 19.4. The van der Waals surface area contributed by atoms with Gasteiger partial charge in [0.2, 0.25) is 6.29 Å². The zero-order valence-electron chi connectivity index (χ0n) is 16.4. The summed E-state index contributed by atoms with van der Waals surface area (Å²) in [5.74, 6) is 0.366. The summed E-state index contributed by atoms with van der Waals surface area (Å²) in [6.45, 7) is 2.69. The summed E-state index contributed by atoms with van der Waals surface area (Å²) in [6, 6.07) is 5.87. The Balaban J connectivity index is 1.72. The molecule has 0 amide bonds. The SMILES string of the molecule is CC(OC(=O)C1=CN(C)C=CC1)Oc1cccc2[nH]cc(CCN(C)C)c12. The molecule has 1 aromatic carbocycles. The number of esters is 1. The first-order valence-corrected chi connectivity index (χ1v) is 9.14. The number of nitrogens with zero attached hydrogens (tertiary/aromatic N) is 2. The largest absolute Gasteiger partial charge is 0.454 e. The predicted molar refractivity (Wildman–Crippen MR) is 106 cm³/mol. The quantitative estimate of drug-likeness (QED) is 0.600. The summed E-state index contributed by atoms with van der Waals surface area (Å²) in [6.07, 6.45) is 8.44. The molecule has 3 rings (SSSR count). The van der Waals surface area contributed by atoms with Gasteiger partial charge in [-0.1, -0.05) is 12.1 Å². The number of H-pyrrole nitrogens is 1. The van der Waals surface area contributed by atoms with E-state index >= 15 is 0 Å². The van der Waals surface area contributed by atoms with E-state index in [4.69, 9.17) is 9.47 Å². The summed E-state index contributed by atoms with van der Waals surface area (Å²) in [5, 5.41) is 1.04. The molecule has 1 N–H and O–H groups in total. The smallest absolute Gasteiger partial charge is 0.338 e. The first kappa shape index (κ1) is 19.0. The minimum absolute atomic E-state index is 0.354. The Morgan fingerprint density at radius 3 is 2.93 bits per heavy atom. The van der Waals surface area contributed by atoms with Crippen molar-refractivity contribution in [3.8, 4) is 5.75 Å². The summed E-state index contributed by atoms with van der Waals surface area (Å²) in [5.41, 5.74) is 2.82. The number of aromatic nitrogens is 1. The molecule has 0 saturated carbocycles. The lowest BCUT2D eigenvalue weighted by atomic mass is 10.1. The third-order valence-corrected chi connectivity index (χ3v) is 4.44. The lowest BCUT2D eigenvalue weighted by Gasteiger charge is -2.20. The normalized spacial score (nSPS) is 15.1. The second-order valence-corrected chi connectivity index (χ2v) is 7.05. The maximum Gasteiger partial charge on any atom is 0.338 e. The average Bonchev–Trinajstić information content (AvgIpc) is 3.04. The van der Waals surface area contributed by atoms with Crippen LogP contribution in [0.4, 0.5) is 0 Å². The highest BCUT2D eigenvalue weighted by molar-refractivity contribution is 5.90. The number of aromatic amines is 1. The van der Waals surface area contributed by atoms with Crippen molar-refractivity contribution in [1.29, 1.82) is 0 Å². The number of carbonyl (C=O) groups excluding carboxylic acids is 1. The number of allylic oxidation sites excluding steroid dienone is 1. The van der Waals surface area contributed by atoms with Crippen LogP contribution in [0.5, 0.6) is 5.75 Å². The van der Waals surface area contributed by atoms with Crippen LogP contribution in [0.2, 0.25) is 0 Å². The average molecular weight is 369 g/mol. The number of nitrogens with one attached hydrogen (secondary N) is 1. The number of carbonyl (C=O) groups is 1. The van der Waals surface area contributed by atoms with Crippen molar-refractivity contribution in [3.05, 3.63) is 54.0 Å². The van der Waals surface area contributed by atoms with Gasteiger partial charge in [0.25, 0.3) is 0 Å². The lowest BCUT2D eigenvalue weighted by molar-refractivity contribution is -0.156. The second kappa shape index (κ2) is 8.31. The van der Waals surface area contributed by atoms with E-state index in [9.17, 15) is 4.79 Å². The summed E-state index contributed by atoms with van der Waals surface area (Å²) < 4.78 is 11.5. The van der Waals surface area contributed by atoms with E-state index in [1.54, 1.807) is 13.1 Å². The van der Waals surface area contributed by atoms with E-state index in [0.717, 1.165) is 29.6 Å². The molecule has 1 unspecified atom stereocenters. The molecule has 2 aromatic rings.